The molecule has 3 N–H and O–H groups in total. The number of nitrogens with one attached hydrogen (secondary N) is 1. The molecule has 1 rings (SSSR count). The average Bonchev–Trinajstić information content (AvgIpc) is 2.46. The third-order valence-corrected chi connectivity index (χ3v) is 3.12. The van der Waals surface area contributed by atoms with E-state index >= 15 is 0 Å². The van der Waals surface area contributed by atoms with E-state index in [0.29, 0.717) is 18.2 Å². The smallest absolute Gasteiger partial charge is 0.119 e. The molecule has 0 aliphatic rings. The summed E-state index contributed by atoms with van der Waals surface area (Å²) in [5.41, 5.74) is 0. The van der Waals surface area contributed by atoms with E-state index in [1.54, 1.807) is 31.4 Å². The highest BCUT2D eigenvalue weighted by Gasteiger charge is 2.13. The van der Waals surface area contributed by atoms with Gasteiger partial charge in [-0.3, -0.25) is 0 Å². The summed E-state index contributed by atoms with van der Waals surface area (Å²) in [5, 5.41) is 22.1. The van der Waals surface area contributed by atoms with Gasteiger partial charge < -0.3 is 25.0 Å². The van der Waals surface area contributed by atoms with E-state index in [1.807, 2.05) is 13.8 Å². The predicted octanol–water partition coefficient (Wildman–Crippen LogP) is 1.04. The van der Waals surface area contributed by atoms with Crippen LogP contribution in [-0.4, -0.2) is 49.2 Å². The Morgan fingerprint density at radius 3 is 2.25 bits per heavy atom. The highest BCUT2D eigenvalue weighted by Crippen LogP contribution is 2.17. The third kappa shape index (κ3) is 5.77. The molecule has 0 heterocycles. The molecular weight excluding hydrogens is 258 g/mol. The minimum absolute atomic E-state index is 0.00867. The van der Waals surface area contributed by atoms with Crippen LogP contribution in [0.5, 0.6) is 11.5 Å². The lowest BCUT2D eigenvalue weighted by atomic mass is 10.1. The molecular formula is C15H25NO4. The standard InChI is InChI=1S/C15H25NO4/c1-11(2)15(9-17)16-8-12(18)10-20-14-6-4-13(19-3)5-7-14/h4-7,11-12,15-18H,8-10H2,1-3H3/t12?,15-/m1/s1. The van der Waals surface area contributed by atoms with Crippen molar-refractivity contribution < 1.29 is 19.7 Å². The molecule has 0 aliphatic carbocycles. The number of methoxy groups -OCH3 is 1. The van der Waals surface area contributed by atoms with Gasteiger partial charge in [0.1, 0.15) is 24.2 Å². The van der Waals surface area contributed by atoms with Gasteiger partial charge in [0, 0.05) is 12.6 Å². The molecule has 1 aromatic rings. The Kier molecular flexibility index (Phi) is 7.36. The van der Waals surface area contributed by atoms with Crippen LogP contribution in [-0.2, 0) is 0 Å². The molecule has 0 spiro atoms. The minimum Gasteiger partial charge on any atom is -0.497 e. The summed E-state index contributed by atoms with van der Waals surface area (Å²) in [6.45, 7) is 4.70. The summed E-state index contributed by atoms with van der Waals surface area (Å²) >= 11 is 0. The number of aliphatic hydroxyl groups excluding tert-OH is 2. The molecule has 2 atom stereocenters. The summed E-state index contributed by atoms with van der Waals surface area (Å²) in [4.78, 5) is 0. The quantitative estimate of drug-likeness (QED) is 0.632. The van der Waals surface area contributed by atoms with Gasteiger partial charge in [-0.05, 0) is 30.2 Å². The molecule has 1 aromatic carbocycles. The summed E-state index contributed by atoms with van der Waals surface area (Å²) in [6.07, 6.45) is -0.620. The van der Waals surface area contributed by atoms with Gasteiger partial charge >= 0.3 is 0 Å². The average molecular weight is 283 g/mol. The van der Waals surface area contributed by atoms with Crippen molar-refractivity contribution in [1.29, 1.82) is 0 Å². The number of hydrogen-bond acceptors (Lipinski definition) is 5. The van der Waals surface area contributed by atoms with Gasteiger partial charge in [-0.2, -0.15) is 0 Å². The molecule has 0 saturated heterocycles. The maximum Gasteiger partial charge on any atom is 0.119 e. The molecule has 0 bridgehead atoms. The molecule has 5 nitrogen and oxygen atoms in total. The fraction of sp³-hybridized carbons (Fsp3) is 0.600. The monoisotopic (exact) mass is 283 g/mol. The van der Waals surface area contributed by atoms with Crippen molar-refractivity contribution >= 4 is 0 Å². The summed E-state index contributed by atoms with van der Waals surface area (Å²) in [7, 11) is 1.61. The SMILES string of the molecule is COc1ccc(OCC(O)CN[C@H](CO)C(C)C)cc1. The Hall–Kier alpha value is -1.30. The van der Waals surface area contributed by atoms with Crippen LogP contribution in [0.4, 0.5) is 0 Å². The molecule has 5 heteroatoms. The Balaban J connectivity index is 2.29. The number of aliphatic hydroxyl groups is 2. The van der Waals surface area contributed by atoms with Gasteiger partial charge in [-0.15, -0.1) is 0 Å². The molecule has 1 unspecified atom stereocenters. The second-order valence-corrected chi connectivity index (χ2v) is 5.08. The Labute approximate surface area is 120 Å². The van der Waals surface area contributed by atoms with E-state index in [4.69, 9.17) is 9.47 Å². The highest BCUT2D eigenvalue weighted by atomic mass is 16.5. The largest absolute Gasteiger partial charge is 0.497 e. The Morgan fingerprint density at radius 2 is 1.75 bits per heavy atom. The van der Waals surface area contributed by atoms with Crippen molar-refractivity contribution in [3.8, 4) is 11.5 Å². The van der Waals surface area contributed by atoms with E-state index in [1.165, 1.54) is 0 Å². The van der Waals surface area contributed by atoms with E-state index in [0.717, 1.165) is 5.75 Å². The highest BCUT2D eigenvalue weighted by molar-refractivity contribution is 5.31. The number of benzene rings is 1. The molecule has 0 radical (unpaired) electrons. The van der Waals surface area contributed by atoms with E-state index in [-0.39, 0.29) is 19.3 Å². The van der Waals surface area contributed by atoms with Gasteiger partial charge in [-0.25, -0.2) is 0 Å². The van der Waals surface area contributed by atoms with E-state index in [9.17, 15) is 10.2 Å². The second kappa shape index (κ2) is 8.79. The van der Waals surface area contributed by atoms with Crippen LogP contribution in [0.15, 0.2) is 24.3 Å². The Morgan fingerprint density at radius 1 is 1.15 bits per heavy atom. The lowest BCUT2D eigenvalue weighted by molar-refractivity contribution is 0.0961. The molecule has 0 amide bonds. The van der Waals surface area contributed by atoms with Crippen LogP contribution in [0.1, 0.15) is 13.8 Å². The molecule has 114 valence electrons. The summed E-state index contributed by atoms with van der Waals surface area (Å²) in [5.74, 6) is 1.77. The van der Waals surface area contributed by atoms with Crippen LogP contribution in [0.3, 0.4) is 0 Å². The van der Waals surface area contributed by atoms with Crippen molar-refractivity contribution in [2.24, 2.45) is 5.92 Å². The fourth-order valence-corrected chi connectivity index (χ4v) is 1.72. The van der Waals surface area contributed by atoms with Gasteiger partial charge in [0.15, 0.2) is 0 Å². The van der Waals surface area contributed by atoms with Gasteiger partial charge in [0.2, 0.25) is 0 Å². The molecule has 0 aliphatic heterocycles. The first-order valence-electron chi connectivity index (χ1n) is 6.86. The topological polar surface area (TPSA) is 71.0 Å². The minimum atomic E-state index is -0.620. The van der Waals surface area contributed by atoms with Crippen molar-refractivity contribution in [1.82, 2.24) is 5.32 Å². The van der Waals surface area contributed by atoms with Crippen LogP contribution < -0.4 is 14.8 Å². The molecule has 0 fully saturated rings. The zero-order valence-electron chi connectivity index (χ0n) is 12.4. The van der Waals surface area contributed by atoms with Gasteiger partial charge in [-0.1, -0.05) is 13.8 Å². The van der Waals surface area contributed by atoms with Gasteiger partial charge in [0.25, 0.3) is 0 Å². The summed E-state index contributed by atoms with van der Waals surface area (Å²) < 4.78 is 10.5. The van der Waals surface area contributed by atoms with Crippen LogP contribution in [0, 0.1) is 5.92 Å². The lowest BCUT2D eigenvalue weighted by Crippen LogP contribution is -2.42. The van der Waals surface area contributed by atoms with Crippen LogP contribution in [0.25, 0.3) is 0 Å². The predicted molar refractivity (Wildman–Crippen MR) is 78.2 cm³/mol. The Bertz CT molecular complexity index is 367. The van der Waals surface area contributed by atoms with E-state index in [2.05, 4.69) is 5.32 Å². The van der Waals surface area contributed by atoms with E-state index < -0.39 is 6.10 Å². The van der Waals surface area contributed by atoms with Crippen molar-refractivity contribution in [3.05, 3.63) is 24.3 Å². The third-order valence-electron chi connectivity index (χ3n) is 3.12. The van der Waals surface area contributed by atoms with Crippen molar-refractivity contribution in [2.45, 2.75) is 26.0 Å². The number of ether oxygens (including phenoxy) is 2. The molecule has 0 saturated carbocycles. The van der Waals surface area contributed by atoms with Crippen molar-refractivity contribution in [3.63, 3.8) is 0 Å². The van der Waals surface area contributed by atoms with Crippen molar-refractivity contribution in [2.75, 3.05) is 26.9 Å². The first-order chi connectivity index (χ1) is 9.56. The zero-order valence-corrected chi connectivity index (χ0v) is 12.4. The maximum atomic E-state index is 9.84. The normalized spacial score (nSPS) is 14.1. The number of rotatable bonds is 9. The molecule has 0 aromatic heterocycles. The summed E-state index contributed by atoms with van der Waals surface area (Å²) in [6, 6.07) is 7.19. The maximum absolute atomic E-state index is 9.84. The first kappa shape index (κ1) is 16.8. The van der Waals surface area contributed by atoms with Crippen LogP contribution in [0.2, 0.25) is 0 Å². The van der Waals surface area contributed by atoms with Crippen LogP contribution >= 0.6 is 0 Å². The first-order valence-corrected chi connectivity index (χ1v) is 6.86. The zero-order chi connectivity index (χ0) is 15.0. The number of hydrogen-bond donors (Lipinski definition) is 3. The second-order valence-electron chi connectivity index (χ2n) is 5.08. The lowest BCUT2D eigenvalue weighted by Gasteiger charge is -2.22. The van der Waals surface area contributed by atoms with Gasteiger partial charge in [0.05, 0.1) is 13.7 Å². The molecule has 20 heavy (non-hydrogen) atoms. The fourth-order valence-electron chi connectivity index (χ4n) is 1.72.